The molecule has 19 heavy (non-hydrogen) atoms. The van der Waals surface area contributed by atoms with E-state index in [-0.39, 0.29) is 16.6 Å². The number of hydrogen-bond acceptors (Lipinski definition) is 3. The number of aliphatic hydroxyl groups excluding tert-OH is 1. The molecular formula is C13H15ClFNO3. The number of hydrogen-bond donors (Lipinski definition) is 3. The SMILES string of the molecule is O=C(NC1CCCCC1O)c1cc(F)cc(Cl)c1O. The second-order valence-corrected chi connectivity index (χ2v) is 5.12. The van der Waals surface area contributed by atoms with Crippen molar-refractivity contribution in [2.75, 3.05) is 0 Å². The molecule has 6 heteroatoms. The van der Waals surface area contributed by atoms with Gasteiger partial charge >= 0.3 is 0 Å². The normalized spacial score (nSPS) is 23.1. The van der Waals surface area contributed by atoms with Crippen LogP contribution in [0.15, 0.2) is 12.1 Å². The fraction of sp³-hybridized carbons (Fsp3) is 0.462. The Kier molecular flexibility index (Phi) is 4.27. The lowest BCUT2D eigenvalue weighted by Gasteiger charge is -2.28. The minimum absolute atomic E-state index is 0.214. The van der Waals surface area contributed by atoms with Crippen molar-refractivity contribution in [3.05, 3.63) is 28.5 Å². The molecule has 1 amide bonds. The van der Waals surface area contributed by atoms with Crippen molar-refractivity contribution in [3.63, 3.8) is 0 Å². The zero-order chi connectivity index (χ0) is 14.0. The molecule has 1 saturated carbocycles. The second kappa shape index (κ2) is 5.75. The summed E-state index contributed by atoms with van der Waals surface area (Å²) in [5, 5.41) is 21.8. The molecule has 1 aromatic carbocycles. The van der Waals surface area contributed by atoms with Crippen LogP contribution in [-0.4, -0.2) is 28.3 Å². The molecule has 0 heterocycles. The molecule has 0 aliphatic heterocycles. The monoisotopic (exact) mass is 287 g/mol. The molecule has 0 bridgehead atoms. The third-order valence-corrected chi connectivity index (χ3v) is 3.61. The van der Waals surface area contributed by atoms with E-state index >= 15 is 0 Å². The summed E-state index contributed by atoms with van der Waals surface area (Å²) >= 11 is 5.62. The first-order valence-electron chi connectivity index (χ1n) is 6.16. The van der Waals surface area contributed by atoms with Gasteiger partial charge in [0.25, 0.3) is 5.91 Å². The van der Waals surface area contributed by atoms with Gasteiger partial charge in [0.05, 0.1) is 22.7 Å². The van der Waals surface area contributed by atoms with E-state index in [1.165, 1.54) is 0 Å². The van der Waals surface area contributed by atoms with E-state index in [0.29, 0.717) is 12.8 Å². The van der Waals surface area contributed by atoms with E-state index in [2.05, 4.69) is 5.32 Å². The largest absolute Gasteiger partial charge is 0.506 e. The highest BCUT2D eigenvalue weighted by atomic mass is 35.5. The molecule has 0 spiro atoms. The molecule has 2 atom stereocenters. The zero-order valence-electron chi connectivity index (χ0n) is 10.2. The first-order valence-corrected chi connectivity index (χ1v) is 6.54. The van der Waals surface area contributed by atoms with Crippen molar-refractivity contribution in [1.29, 1.82) is 0 Å². The third-order valence-electron chi connectivity index (χ3n) is 3.32. The van der Waals surface area contributed by atoms with Crippen LogP contribution in [0.25, 0.3) is 0 Å². The number of amides is 1. The summed E-state index contributed by atoms with van der Waals surface area (Å²) in [4.78, 5) is 12.0. The van der Waals surface area contributed by atoms with Gasteiger partial charge in [0.2, 0.25) is 0 Å². The van der Waals surface area contributed by atoms with E-state index < -0.39 is 23.6 Å². The Morgan fingerprint density at radius 2 is 2.05 bits per heavy atom. The van der Waals surface area contributed by atoms with Crippen LogP contribution < -0.4 is 5.32 Å². The molecule has 1 fully saturated rings. The molecule has 2 rings (SSSR count). The smallest absolute Gasteiger partial charge is 0.255 e. The molecule has 1 aliphatic rings. The number of rotatable bonds is 2. The summed E-state index contributed by atoms with van der Waals surface area (Å²) in [7, 11) is 0. The summed E-state index contributed by atoms with van der Waals surface area (Å²) in [6, 6.07) is 1.48. The number of phenolic OH excluding ortho intramolecular Hbond substituents is 1. The Morgan fingerprint density at radius 1 is 1.37 bits per heavy atom. The number of aromatic hydroxyl groups is 1. The van der Waals surface area contributed by atoms with Crippen LogP contribution in [0.2, 0.25) is 5.02 Å². The summed E-state index contributed by atoms with van der Waals surface area (Å²) in [6.07, 6.45) is 2.52. The molecule has 4 nitrogen and oxygen atoms in total. The van der Waals surface area contributed by atoms with Crippen LogP contribution in [0, 0.1) is 5.82 Å². The van der Waals surface area contributed by atoms with Gasteiger partial charge in [0.1, 0.15) is 11.6 Å². The number of aliphatic hydroxyl groups is 1. The predicted molar refractivity (Wildman–Crippen MR) is 68.8 cm³/mol. The van der Waals surface area contributed by atoms with Gasteiger partial charge in [-0.3, -0.25) is 4.79 Å². The minimum atomic E-state index is -0.697. The standard InChI is InChI=1S/C13H15ClFNO3/c14-9-6-7(15)5-8(12(9)18)13(19)16-10-3-1-2-4-11(10)17/h5-6,10-11,17-18H,1-4H2,(H,16,19). The van der Waals surface area contributed by atoms with Crippen LogP contribution in [0.1, 0.15) is 36.0 Å². The Labute approximate surface area is 115 Å². The Hall–Kier alpha value is -1.33. The van der Waals surface area contributed by atoms with Gasteiger partial charge in [-0.1, -0.05) is 24.4 Å². The van der Waals surface area contributed by atoms with Crippen molar-refractivity contribution in [2.24, 2.45) is 0 Å². The number of carbonyl (C=O) groups is 1. The van der Waals surface area contributed by atoms with Crippen LogP contribution >= 0.6 is 11.6 Å². The number of phenols is 1. The highest BCUT2D eigenvalue weighted by molar-refractivity contribution is 6.32. The van der Waals surface area contributed by atoms with Gasteiger partial charge in [-0.15, -0.1) is 0 Å². The zero-order valence-corrected chi connectivity index (χ0v) is 11.0. The van der Waals surface area contributed by atoms with Crippen LogP contribution in [-0.2, 0) is 0 Å². The van der Waals surface area contributed by atoms with E-state index in [0.717, 1.165) is 25.0 Å². The van der Waals surface area contributed by atoms with Crippen LogP contribution in [0.4, 0.5) is 4.39 Å². The molecule has 1 aromatic rings. The van der Waals surface area contributed by atoms with E-state index in [1.807, 2.05) is 0 Å². The van der Waals surface area contributed by atoms with Gasteiger partial charge in [0, 0.05) is 0 Å². The maximum atomic E-state index is 13.2. The summed E-state index contributed by atoms with van der Waals surface area (Å²) in [5.74, 6) is -1.78. The molecule has 1 aliphatic carbocycles. The second-order valence-electron chi connectivity index (χ2n) is 4.72. The number of halogens is 2. The average Bonchev–Trinajstić information content (AvgIpc) is 2.36. The van der Waals surface area contributed by atoms with Crippen LogP contribution in [0.5, 0.6) is 5.75 Å². The highest BCUT2D eigenvalue weighted by Crippen LogP contribution is 2.29. The van der Waals surface area contributed by atoms with Gasteiger partial charge in [-0.25, -0.2) is 4.39 Å². The molecular weight excluding hydrogens is 273 g/mol. The van der Waals surface area contributed by atoms with Crippen molar-refractivity contribution in [3.8, 4) is 5.75 Å². The summed E-state index contributed by atoms with van der Waals surface area (Å²) < 4.78 is 13.2. The quantitative estimate of drug-likeness (QED) is 0.781. The molecule has 0 aromatic heterocycles. The van der Waals surface area contributed by atoms with Gasteiger partial charge in [-0.2, -0.15) is 0 Å². The molecule has 3 N–H and O–H groups in total. The van der Waals surface area contributed by atoms with Gasteiger partial charge < -0.3 is 15.5 Å². The average molecular weight is 288 g/mol. The minimum Gasteiger partial charge on any atom is -0.506 e. The van der Waals surface area contributed by atoms with Gasteiger partial charge in [0.15, 0.2) is 0 Å². The lowest BCUT2D eigenvalue weighted by molar-refractivity contribution is 0.0715. The first-order chi connectivity index (χ1) is 8.99. The Bertz CT molecular complexity index is 495. The van der Waals surface area contributed by atoms with Crippen molar-refractivity contribution >= 4 is 17.5 Å². The molecule has 2 unspecified atom stereocenters. The van der Waals surface area contributed by atoms with Crippen molar-refractivity contribution < 1.29 is 19.4 Å². The lowest BCUT2D eigenvalue weighted by atomic mass is 9.92. The fourth-order valence-corrected chi connectivity index (χ4v) is 2.47. The van der Waals surface area contributed by atoms with Crippen molar-refractivity contribution in [2.45, 2.75) is 37.8 Å². The van der Waals surface area contributed by atoms with E-state index in [1.54, 1.807) is 0 Å². The van der Waals surface area contributed by atoms with E-state index in [9.17, 15) is 19.4 Å². The highest BCUT2D eigenvalue weighted by Gasteiger charge is 2.26. The summed E-state index contributed by atoms with van der Waals surface area (Å²) in [6.45, 7) is 0. The number of benzene rings is 1. The summed E-state index contributed by atoms with van der Waals surface area (Å²) in [5.41, 5.74) is -0.220. The number of nitrogens with one attached hydrogen (secondary N) is 1. The fourth-order valence-electron chi connectivity index (χ4n) is 2.26. The molecule has 0 saturated heterocycles. The number of carbonyl (C=O) groups excluding carboxylic acids is 1. The Balaban J connectivity index is 2.15. The molecule has 0 radical (unpaired) electrons. The van der Waals surface area contributed by atoms with Crippen molar-refractivity contribution in [1.82, 2.24) is 5.32 Å². The van der Waals surface area contributed by atoms with Gasteiger partial charge in [-0.05, 0) is 25.0 Å². The predicted octanol–water partition coefficient (Wildman–Crippen LogP) is 2.22. The maximum absolute atomic E-state index is 13.2. The van der Waals surface area contributed by atoms with Crippen LogP contribution in [0.3, 0.4) is 0 Å². The Morgan fingerprint density at radius 3 is 2.74 bits per heavy atom. The lowest BCUT2D eigenvalue weighted by Crippen LogP contribution is -2.45. The maximum Gasteiger partial charge on any atom is 0.255 e. The third kappa shape index (κ3) is 3.16. The topological polar surface area (TPSA) is 69.6 Å². The molecule has 104 valence electrons. The van der Waals surface area contributed by atoms with E-state index in [4.69, 9.17) is 11.6 Å². The first kappa shape index (κ1) is 14.1.